The van der Waals surface area contributed by atoms with Gasteiger partial charge in [0.2, 0.25) is 5.71 Å². The molecular formula is C25H22N2O. The summed E-state index contributed by atoms with van der Waals surface area (Å²) in [6, 6.07) is 18.7. The van der Waals surface area contributed by atoms with E-state index in [2.05, 4.69) is 72.4 Å². The first-order valence-corrected chi connectivity index (χ1v) is 9.33. The average molecular weight is 366 g/mol. The molecule has 0 spiro atoms. The first-order valence-electron chi connectivity index (χ1n) is 9.33. The van der Waals surface area contributed by atoms with Crippen LogP contribution in [0.15, 0.2) is 82.4 Å². The summed E-state index contributed by atoms with van der Waals surface area (Å²) in [4.78, 5) is 8.47. The molecule has 138 valence electrons. The van der Waals surface area contributed by atoms with Crippen LogP contribution in [0.1, 0.15) is 23.6 Å². The number of aromatic nitrogens is 1. The summed E-state index contributed by atoms with van der Waals surface area (Å²) in [5.41, 5.74) is 7.32. The highest BCUT2D eigenvalue weighted by molar-refractivity contribution is 6.10. The zero-order valence-electron chi connectivity index (χ0n) is 16.3. The zero-order chi connectivity index (χ0) is 19.5. The molecule has 0 aliphatic carbocycles. The summed E-state index contributed by atoms with van der Waals surface area (Å²) in [7, 11) is 1.77. The second-order valence-corrected chi connectivity index (χ2v) is 6.76. The van der Waals surface area contributed by atoms with Crippen LogP contribution >= 0.6 is 0 Å². The Morgan fingerprint density at radius 3 is 2.61 bits per heavy atom. The first kappa shape index (κ1) is 17.9. The van der Waals surface area contributed by atoms with Crippen LogP contribution in [-0.2, 0) is 0 Å². The molecule has 0 saturated heterocycles. The van der Waals surface area contributed by atoms with Crippen molar-refractivity contribution in [3.05, 3.63) is 89.6 Å². The minimum atomic E-state index is 0.673. The monoisotopic (exact) mass is 366 g/mol. The Balaban J connectivity index is 2.03. The largest absolute Gasteiger partial charge is 0.437 e. The van der Waals surface area contributed by atoms with Gasteiger partial charge in [-0.2, -0.15) is 0 Å². The maximum atomic E-state index is 6.20. The van der Waals surface area contributed by atoms with Gasteiger partial charge in [-0.15, -0.1) is 0 Å². The van der Waals surface area contributed by atoms with Crippen LogP contribution in [0.25, 0.3) is 33.2 Å². The number of allylic oxidation sites excluding steroid dienone is 4. The smallest absolute Gasteiger partial charge is 0.227 e. The van der Waals surface area contributed by atoms with Gasteiger partial charge in [-0.05, 0) is 54.3 Å². The van der Waals surface area contributed by atoms with E-state index in [0.29, 0.717) is 5.71 Å². The van der Waals surface area contributed by atoms with Crippen LogP contribution in [0, 0.1) is 6.92 Å². The van der Waals surface area contributed by atoms with Gasteiger partial charge >= 0.3 is 0 Å². The van der Waals surface area contributed by atoms with Crippen LogP contribution in [-0.4, -0.2) is 18.2 Å². The fraction of sp³-hybridized carbons (Fsp3) is 0.120. The summed E-state index contributed by atoms with van der Waals surface area (Å²) in [6.45, 7) is 4.27. The van der Waals surface area contributed by atoms with E-state index in [1.807, 2.05) is 18.2 Å². The number of nitrogens with zero attached hydrogens (tertiary/aromatic N) is 2. The SMILES string of the molecule is C/N=C/C=C\C(=C(/C)c1c(C)ccc2c1oc1ncccc12)c1ccccc1. The molecule has 3 heteroatoms. The predicted octanol–water partition coefficient (Wildman–Crippen LogP) is 6.48. The molecule has 2 aromatic heterocycles. The number of pyridine rings is 1. The molecule has 2 heterocycles. The van der Waals surface area contributed by atoms with Crippen LogP contribution in [0.4, 0.5) is 0 Å². The predicted molar refractivity (Wildman–Crippen MR) is 119 cm³/mol. The van der Waals surface area contributed by atoms with E-state index in [9.17, 15) is 0 Å². The van der Waals surface area contributed by atoms with E-state index >= 15 is 0 Å². The normalized spacial score (nSPS) is 13.1. The summed E-state index contributed by atoms with van der Waals surface area (Å²) in [6.07, 6.45) is 7.65. The number of fused-ring (bicyclic) bond motifs is 3. The molecule has 2 aromatic carbocycles. The second-order valence-electron chi connectivity index (χ2n) is 6.76. The van der Waals surface area contributed by atoms with Crippen LogP contribution in [0.5, 0.6) is 0 Å². The van der Waals surface area contributed by atoms with Gasteiger partial charge in [0.25, 0.3) is 0 Å². The Morgan fingerprint density at radius 1 is 1.00 bits per heavy atom. The molecule has 0 radical (unpaired) electrons. The molecule has 3 nitrogen and oxygen atoms in total. The van der Waals surface area contributed by atoms with Crippen molar-refractivity contribution in [2.24, 2.45) is 4.99 Å². The molecule has 0 bridgehead atoms. The fourth-order valence-electron chi connectivity index (χ4n) is 3.65. The Kier molecular flexibility index (Phi) is 4.90. The third kappa shape index (κ3) is 3.16. The van der Waals surface area contributed by atoms with E-state index in [1.54, 1.807) is 19.5 Å². The standard InChI is InChI=1S/C25H22N2O/c1-17-13-14-21-22-12-8-16-27-25(22)28-24(21)23(17)18(2)20(11-7-15-26-3)19-9-5-4-6-10-19/h4-16H,1-3H3/b11-7-,20-18-,26-15+. The number of rotatable bonds is 4. The molecule has 4 aromatic rings. The molecular weight excluding hydrogens is 344 g/mol. The average Bonchev–Trinajstić information content (AvgIpc) is 3.10. The molecule has 0 amide bonds. The van der Waals surface area contributed by atoms with E-state index in [0.717, 1.165) is 38.6 Å². The van der Waals surface area contributed by atoms with Gasteiger partial charge in [-0.3, -0.25) is 4.99 Å². The highest BCUT2D eigenvalue weighted by Gasteiger charge is 2.16. The van der Waals surface area contributed by atoms with Crippen molar-refractivity contribution in [1.82, 2.24) is 4.98 Å². The van der Waals surface area contributed by atoms with Crippen molar-refractivity contribution in [3.63, 3.8) is 0 Å². The number of benzene rings is 2. The lowest BCUT2D eigenvalue weighted by Crippen LogP contribution is -1.92. The van der Waals surface area contributed by atoms with Crippen LogP contribution in [0.2, 0.25) is 0 Å². The summed E-state index contributed by atoms with van der Waals surface area (Å²) in [5.74, 6) is 0. The molecule has 0 fully saturated rings. The Labute approximate surface area is 164 Å². The van der Waals surface area contributed by atoms with Crippen molar-refractivity contribution < 1.29 is 4.42 Å². The van der Waals surface area contributed by atoms with E-state index in [4.69, 9.17) is 4.42 Å². The van der Waals surface area contributed by atoms with Crippen molar-refractivity contribution >= 4 is 39.4 Å². The number of hydrogen-bond donors (Lipinski definition) is 0. The minimum absolute atomic E-state index is 0.673. The highest BCUT2D eigenvalue weighted by Crippen LogP contribution is 2.37. The molecule has 0 atom stereocenters. The quantitative estimate of drug-likeness (QED) is 0.236. The Hall–Kier alpha value is -3.46. The van der Waals surface area contributed by atoms with E-state index in [-0.39, 0.29) is 0 Å². The second kappa shape index (κ2) is 7.65. The van der Waals surface area contributed by atoms with Gasteiger partial charge in [0.15, 0.2) is 0 Å². The van der Waals surface area contributed by atoms with Gasteiger partial charge in [-0.25, -0.2) is 4.98 Å². The fourth-order valence-corrected chi connectivity index (χ4v) is 3.65. The topological polar surface area (TPSA) is 38.4 Å². The minimum Gasteiger partial charge on any atom is -0.437 e. The lowest BCUT2D eigenvalue weighted by atomic mass is 9.91. The van der Waals surface area contributed by atoms with Gasteiger partial charge in [0, 0.05) is 35.8 Å². The van der Waals surface area contributed by atoms with Crippen molar-refractivity contribution in [1.29, 1.82) is 0 Å². The lowest BCUT2D eigenvalue weighted by Gasteiger charge is -2.13. The summed E-state index contributed by atoms with van der Waals surface area (Å²) in [5, 5.41) is 2.14. The highest BCUT2D eigenvalue weighted by atomic mass is 16.3. The maximum Gasteiger partial charge on any atom is 0.227 e. The zero-order valence-corrected chi connectivity index (χ0v) is 16.3. The number of furan rings is 1. The number of hydrogen-bond acceptors (Lipinski definition) is 3. The van der Waals surface area contributed by atoms with Crippen LogP contribution < -0.4 is 0 Å². The molecule has 0 aliphatic rings. The van der Waals surface area contributed by atoms with Gasteiger partial charge in [-0.1, -0.05) is 48.5 Å². The third-order valence-electron chi connectivity index (χ3n) is 4.99. The first-order chi connectivity index (χ1) is 13.7. The Bertz CT molecular complexity index is 1230. The molecule has 4 rings (SSSR count). The third-order valence-corrected chi connectivity index (χ3v) is 4.99. The van der Waals surface area contributed by atoms with Crippen molar-refractivity contribution in [2.45, 2.75) is 13.8 Å². The molecule has 0 N–H and O–H groups in total. The number of aliphatic imine (C=N–C) groups is 1. The summed E-state index contributed by atoms with van der Waals surface area (Å²) >= 11 is 0. The Morgan fingerprint density at radius 2 is 1.82 bits per heavy atom. The molecule has 0 saturated carbocycles. The molecule has 0 unspecified atom stereocenters. The van der Waals surface area contributed by atoms with E-state index < -0.39 is 0 Å². The molecule has 28 heavy (non-hydrogen) atoms. The van der Waals surface area contributed by atoms with Crippen LogP contribution in [0.3, 0.4) is 0 Å². The maximum absolute atomic E-state index is 6.20. The van der Waals surface area contributed by atoms with E-state index in [1.165, 1.54) is 5.56 Å². The van der Waals surface area contributed by atoms with Gasteiger partial charge in [0.1, 0.15) is 5.58 Å². The van der Waals surface area contributed by atoms with Gasteiger partial charge < -0.3 is 4.42 Å². The number of aryl methyl sites for hydroxylation is 1. The van der Waals surface area contributed by atoms with Gasteiger partial charge in [0.05, 0.1) is 0 Å². The summed E-state index contributed by atoms with van der Waals surface area (Å²) < 4.78 is 6.20. The van der Waals surface area contributed by atoms with Crippen molar-refractivity contribution in [3.8, 4) is 0 Å². The molecule has 0 aliphatic heterocycles. The lowest BCUT2D eigenvalue weighted by molar-refractivity contribution is 0.652. The van der Waals surface area contributed by atoms with Crippen molar-refractivity contribution in [2.75, 3.05) is 7.05 Å².